The highest BCUT2D eigenvalue weighted by molar-refractivity contribution is 7.89. The minimum absolute atomic E-state index is 0.0955. The second-order valence-electron chi connectivity index (χ2n) is 7.21. The Balaban J connectivity index is 1.90. The molecule has 3 rings (SSSR count). The maximum Gasteiger partial charge on any atom is 0.241 e. The molecule has 2 aromatic carbocycles. The van der Waals surface area contributed by atoms with E-state index in [1.165, 1.54) is 0 Å². The number of carbonyl (C=O) groups excluding carboxylic acids is 1. The Labute approximate surface area is 165 Å². The van der Waals surface area contributed by atoms with Crippen molar-refractivity contribution in [1.82, 2.24) is 15.0 Å². The van der Waals surface area contributed by atoms with Crippen LogP contribution in [0.15, 0.2) is 59.6 Å². The first-order valence-corrected chi connectivity index (χ1v) is 10.7. The van der Waals surface area contributed by atoms with Crippen LogP contribution in [-0.4, -0.2) is 31.4 Å². The zero-order valence-corrected chi connectivity index (χ0v) is 17.0. The molecule has 1 heterocycles. The monoisotopic (exact) mass is 399 g/mol. The van der Waals surface area contributed by atoms with Gasteiger partial charge in [-0.2, -0.15) is 4.72 Å². The van der Waals surface area contributed by atoms with E-state index in [4.69, 9.17) is 0 Å². The molecule has 0 unspecified atom stereocenters. The minimum Gasteiger partial charge on any atom is -0.361 e. The summed E-state index contributed by atoms with van der Waals surface area (Å²) in [5.74, 6) is -0.351. The van der Waals surface area contributed by atoms with Crippen LogP contribution in [-0.2, 0) is 21.2 Å². The van der Waals surface area contributed by atoms with E-state index in [1.807, 2.05) is 51.2 Å². The Bertz CT molecular complexity index is 1070. The molecule has 6 nitrogen and oxygen atoms in total. The van der Waals surface area contributed by atoms with Gasteiger partial charge in [-0.1, -0.05) is 35.9 Å². The van der Waals surface area contributed by atoms with Crippen LogP contribution in [0.1, 0.15) is 25.0 Å². The van der Waals surface area contributed by atoms with E-state index in [9.17, 15) is 13.2 Å². The Morgan fingerprint density at radius 3 is 2.43 bits per heavy atom. The molecule has 28 heavy (non-hydrogen) atoms. The van der Waals surface area contributed by atoms with Gasteiger partial charge in [0.15, 0.2) is 0 Å². The van der Waals surface area contributed by atoms with Crippen LogP contribution in [0.5, 0.6) is 0 Å². The number of H-pyrrole nitrogens is 1. The average molecular weight is 400 g/mol. The highest BCUT2D eigenvalue weighted by Gasteiger charge is 2.27. The van der Waals surface area contributed by atoms with Crippen LogP contribution in [0.25, 0.3) is 10.9 Å². The number of fused-ring (bicyclic) bond motifs is 1. The number of hydrogen-bond acceptors (Lipinski definition) is 3. The van der Waals surface area contributed by atoms with Gasteiger partial charge in [-0.3, -0.25) is 4.79 Å². The number of benzene rings is 2. The lowest BCUT2D eigenvalue weighted by molar-refractivity contribution is -0.123. The molecule has 1 atom stereocenters. The van der Waals surface area contributed by atoms with Gasteiger partial charge in [-0.05, 0) is 51.0 Å². The molecule has 3 aromatic rings. The number of hydrogen-bond donors (Lipinski definition) is 3. The van der Waals surface area contributed by atoms with E-state index in [1.54, 1.807) is 24.3 Å². The molecule has 1 aromatic heterocycles. The van der Waals surface area contributed by atoms with Crippen molar-refractivity contribution in [2.24, 2.45) is 0 Å². The lowest BCUT2D eigenvalue weighted by Gasteiger charge is -2.20. The van der Waals surface area contributed by atoms with Crippen molar-refractivity contribution in [3.05, 3.63) is 65.9 Å². The lowest BCUT2D eigenvalue weighted by Crippen LogP contribution is -2.49. The Hall–Kier alpha value is -2.64. The third kappa shape index (κ3) is 4.61. The van der Waals surface area contributed by atoms with E-state index in [0.29, 0.717) is 0 Å². The molecule has 0 aliphatic carbocycles. The third-order valence-corrected chi connectivity index (χ3v) is 5.96. The van der Waals surface area contributed by atoms with Crippen molar-refractivity contribution in [2.75, 3.05) is 0 Å². The molecule has 0 saturated heterocycles. The highest BCUT2D eigenvalue weighted by Crippen LogP contribution is 2.20. The summed E-state index contributed by atoms with van der Waals surface area (Å²) in [5.41, 5.74) is 2.79. The van der Waals surface area contributed by atoms with Crippen LogP contribution in [0.2, 0.25) is 0 Å². The summed E-state index contributed by atoms with van der Waals surface area (Å²) in [6.45, 7) is 5.57. The molecule has 0 aliphatic heterocycles. The molecule has 148 valence electrons. The number of aryl methyl sites for hydroxylation is 1. The minimum atomic E-state index is -3.83. The molecule has 0 fully saturated rings. The molecule has 3 N–H and O–H groups in total. The predicted octanol–water partition coefficient (Wildman–Crippen LogP) is 2.89. The number of carbonyl (C=O) groups is 1. The SMILES string of the molecule is Cc1ccc(S(=O)(=O)N[C@@H](Cc2c[nH]c3ccccc23)C(=O)NC(C)C)cc1. The molecular formula is C21H25N3O3S. The summed E-state index contributed by atoms with van der Waals surface area (Å²) in [7, 11) is -3.83. The highest BCUT2D eigenvalue weighted by atomic mass is 32.2. The van der Waals surface area contributed by atoms with Crippen LogP contribution < -0.4 is 10.0 Å². The quantitative estimate of drug-likeness (QED) is 0.570. The van der Waals surface area contributed by atoms with Gasteiger partial charge < -0.3 is 10.3 Å². The van der Waals surface area contributed by atoms with Crippen LogP contribution in [0.3, 0.4) is 0 Å². The summed E-state index contributed by atoms with van der Waals surface area (Å²) in [6, 6.07) is 13.3. The summed E-state index contributed by atoms with van der Waals surface area (Å²) in [4.78, 5) is 16.0. The second-order valence-corrected chi connectivity index (χ2v) is 8.93. The van der Waals surface area contributed by atoms with Gasteiger partial charge in [0, 0.05) is 23.1 Å². The average Bonchev–Trinajstić information content (AvgIpc) is 3.04. The van der Waals surface area contributed by atoms with Gasteiger partial charge in [0.1, 0.15) is 6.04 Å². The Kier molecular flexibility index (Phi) is 5.86. The van der Waals surface area contributed by atoms with Gasteiger partial charge in [-0.25, -0.2) is 8.42 Å². The van der Waals surface area contributed by atoms with E-state index in [2.05, 4.69) is 15.0 Å². The van der Waals surface area contributed by atoms with Gasteiger partial charge in [0.25, 0.3) is 0 Å². The summed E-state index contributed by atoms with van der Waals surface area (Å²) in [5, 5.41) is 3.78. The first-order chi connectivity index (χ1) is 13.3. The van der Waals surface area contributed by atoms with Gasteiger partial charge >= 0.3 is 0 Å². The summed E-state index contributed by atoms with van der Waals surface area (Å²) in [6.07, 6.45) is 2.06. The number of aromatic amines is 1. The number of rotatable bonds is 7. The smallest absolute Gasteiger partial charge is 0.241 e. The van der Waals surface area contributed by atoms with Crippen LogP contribution in [0, 0.1) is 6.92 Å². The van der Waals surface area contributed by atoms with Gasteiger partial charge in [-0.15, -0.1) is 0 Å². The number of sulfonamides is 1. The Morgan fingerprint density at radius 1 is 1.07 bits per heavy atom. The summed E-state index contributed by atoms with van der Waals surface area (Å²) < 4.78 is 28.3. The Morgan fingerprint density at radius 2 is 1.75 bits per heavy atom. The van der Waals surface area contributed by atoms with Crippen LogP contribution >= 0.6 is 0 Å². The maximum absolute atomic E-state index is 12.8. The molecule has 0 saturated carbocycles. The molecule has 0 radical (unpaired) electrons. The zero-order valence-electron chi connectivity index (χ0n) is 16.2. The number of amides is 1. The summed E-state index contributed by atoms with van der Waals surface area (Å²) >= 11 is 0. The maximum atomic E-state index is 12.8. The largest absolute Gasteiger partial charge is 0.361 e. The molecule has 1 amide bonds. The van der Waals surface area contributed by atoms with Crippen molar-refractivity contribution in [3.63, 3.8) is 0 Å². The van der Waals surface area contributed by atoms with Crippen LogP contribution in [0.4, 0.5) is 0 Å². The lowest BCUT2D eigenvalue weighted by atomic mass is 10.0. The fourth-order valence-corrected chi connectivity index (χ4v) is 4.26. The third-order valence-electron chi connectivity index (χ3n) is 4.48. The molecule has 0 spiro atoms. The standard InChI is InChI=1S/C21H25N3O3S/c1-14(2)23-21(25)20(12-16-13-22-19-7-5-4-6-18(16)19)24-28(26,27)17-10-8-15(3)9-11-17/h4-11,13-14,20,22,24H,12H2,1-3H3,(H,23,25)/t20-/m0/s1. The topological polar surface area (TPSA) is 91.1 Å². The normalized spacial score (nSPS) is 13.0. The van der Waals surface area contributed by atoms with Crippen molar-refractivity contribution in [1.29, 1.82) is 0 Å². The first-order valence-electron chi connectivity index (χ1n) is 9.20. The van der Waals surface area contributed by atoms with Crippen molar-refractivity contribution < 1.29 is 13.2 Å². The van der Waals surface area contributed by atoms with E-state index < -0.39 is 16.1 Å². The molecule has 0 aliphatic rings. The number of nitrogens with one attached hydrogen (secondary N) is 3. The van der Waals surface area contributed by atoms with Crippen molar-refractivity contribution in [3.8, 4) is 0 Å². The fraction of sp³-hybridized carbons (Fsp3) is 0.286. The molecule has 7 heteroatoms. The van der Waals surface area contributed by atoms with Gasteiger partial charge in [0.2, 0.25) is 15.9 Å². The van der Waals surface area contributed by atoms with E-state index >= 15 is 0 Å². The van der Waals surface area contributed by atoms with Crippen molar-refractivity contribution in [2.45, 2.75) is 44.2 Å². The first kappa shape index (κ1) is 20.1. The molecule has 0 bridgehead atoms. The number of aromatic nitrogens is 1. The van der Waals surface area contributed by atoms with E-state index in [-0.39, 0.29) is 23.3 Å². The van der Waals surface area contributed by atoms with Gasteiger partial charge in [0.05, 0.1) is 4.90 Å². The van der Waals surface area contributed by atoms with Crippen molar-refractivity contribution >= 4 is 26.8 Å². The second kappa shape index (κ2) is 8.16. The zero-order chi connectivity index (χ0) is 20.3. The van der Waals surface area contributed by atoms with E-state index in [0.717, 1.165) is 22.0 Å². The number of para-hydroxylation sites is 1. The fourth-order valence-electron chi connectivity index (χ4n) is 3.07. The predicted molar refractivity (Wildman–Crippen MR) is 111 cm³/mol. The molecular weight excluding hydrogens is 374 g/mol.